The zero-order valence-electron chi connectivity index (χ0n) is 15.6. The molecule has 1 aliphatic heterocycles. The van der Waals surface area contributed by atoms with Gasteiger partial charge in [-0.1, -0.05) is 24.3 Å². The van der Waals surface area contributed by atoms with Crippen molar-refractivity contribution in [2.24, 2.45) is 5.73 Å². The van der Waals surface area contributed by atoms with Gasteiger partial charge in [0.15, 0.2) is 0 Å². The van der Waals surface area contributed by atoms with E-state index >= 15 is 0 Å². The Balaban J connectivity index is 1.74. The van der Waals surface area contributed by atoms with E-state index in [-0.39, 0.29) is 11.8 Å². The maximum atomic E-state index is 12.2. The molecule has 1 atom stereocenters. The molecular weight excluding hydrogens is 362 g/mol. The highest BCUT2D eigenvalue weighted by Crippen LogP contribution is 2.28. The van der Waals surface area contributed by atoms with Gasteiger partial charge in [0.1, 0.15) is 0 Å². The lowest BCUT2D eigenvalue weighted by atomic mass is 10.0. The maximum absolute atomic E-state index is 12.2. The molecule has 3 rings (SSSR count). The van der Waals surface area contributed by atoms with Gasteiger partial charge in [0.05, 0.1) is 11.4 Å². The van der Waals surface area contributed by atoms with Crippen LogP contribution in [0.5, 0.6) is 0 Å². The molecule has 144 valence electrons. The first-order valence-electron chi connectivity index (χ1n) is 8.97. The predicted octanol–water partition coefficient (Wildman–Crippen LogP) is 2.52. The van der Waals surface area contributed by atoms with Crippen LogP contribution in [0.15, 0.2) is 48.5 Å². The van der Waals surface area contributed by atoms with Gasteiger partial charge < -0.3 is 5.73 Å². The molecule has 2 aromatic carbocycles. The number of sulfonamides is 1. The fourth-order valence-corrected chi connectivity index (χ4v) is 4.88. The number of hydrogen-bond acceptors (Lipinski definition) is 4. The number of primary amides is 1. The largest absolute Gasteiger partial charge is 0.366 e. The molecule has 1 heterocycles. The second kappa shape index (κ2) is 7.70. The molecule has 0 aliphatic carbocycles. The fraction of sp³-hybridized carbons (Fsp3) is 0.350. The molecule has 1 fully saturated rings. The zero-order valence-corrected chi connectivity index (χ0v) is 16.4. The lowest BCUT2D eigenvalue weighted by Crippen LogP contribution is -2.26. The van der Waals surface area contributed by atoms with Crippen molar-refractivity contribution in [1.82, 2.24) is 4.90 Å². The molecule has 1 unspecified atom stereocenters. The minimum Gasteiger partial charge on any atom is -0.366 e. The first kappa shape index (κ1) is 19.4. The maximum Gasteiger partial charge on any atom is 0.248 e. The van der Waals surface area contributed by atoms with Gasteiger partial charge in [-0.15, -0.1) is 0 Å². The van der Waals surface area contributed by atoms with Crippen molar-refractivity contribution in [2.45, 2.75) is 25.9 Å². The van der Waals surface area contributed by atoms with E-state index < -0.39 is 15.9 Å². The number of hydrogen-bond donors (Lipinski definition) is 1. The van der Waals surface area contributed by atoms with Crippen molar-refractivity contribution in [3.05, 3.63) is 65.2 Å². The van der Waals surface area contributed by atoms with Gasteiger partial charge in [0, 0.05) is 24.7 Å². The smallest absolute Gasteiger partial charge is 0.248 e. The molecule has 27 heavy (non-hydrogen) atoms. The van der Waals surface area contributed by atoms with Gasteiger partial charge in [0.25, 0.3) is 0 Å². The minimum absolute atomic E-state index is 0.103. The van der Waals surface area contributed by atoms with Crippen LogP contribution in [0, 0.1) is 0 Å². The van der Waals surface area contributed by atoms with Crippen LogP contribution in [-0.4, -0.2) is 38.6 Å². The molecule has 0 saturated carbocycles. The summed E-state index contributed by atoms with van der Waals surface area (Å²) in [7, 11) is -1.16. The summed E-state index contributed by atoms with van der Waals surface area (Å²) in [5, 5.41) is 0. The second-order valence-corrected chi connectivity index (χ2v) is 9.00. The fourth-order valence-electron chi connectivity index (χ4n) is 3.32. The number of carbonyl (C=O) groups excluding carboxylic acids is 1. The topological polar surface area (TPSA) is 83.7 Å². The molecule has 7 heteroatoms. The van der Waals surface area contributed by atoms with Gasteiger partial charge in [-0.25, -0.2) is 8.42 Å². The number of benzene rings is 2. The predicted molar refractivity (Wildman–Crippen MR) is 107 cm³/mol. The summed E-state index contributed by atoms with van der Waals surface area (Å²) >= 11 is 0. The van der Waals surface area contributed by atoms with Crippen LogP contribution in [0.2, 0.25) is 0 Å². The SMILES string of the molecule is CC(c1cccc(N2CCCS2(=O)=O)c1)N(C)Cc1ccc(C(N)=O)cc1. The molecule has 0 bridgehead atoms. The molecule has 1 saturated heterocycles. The normalized spacial score (nSPS) is 17.2. The lowest BCUT2D eigenvalue weighted by Gasteiger charge is -2.26. The Kier molecular flexibility index (Phi) is 5.53. The first-order chi connectivity index (χ1) is 12.8. The van der Waals surface area contributed by atoms with Crippen LogP contribution in [0.25, 0.3) is 0 Å². The zero-order chi connectivity index (χ0) is 19.6. The van der Waals surface area contributed by atoms with E-state index in [1.807, 2.05) is 43.4 Å². The van der Waals surface area contributed by atoms with E-state index in [0.29, 0.717) is 25.1 Å². The third-order valence-electron chi connectivity index (χ3n) is 5.07. The highest BCUT2D eigenvalue weighted by atomic mass is 32.2. The Hall–Kier alpha value is -2.38. The summed E-state index contributed by atoms with van der Waals surface area (Å²) in [5.41, 5.74) is 8.64. The first-order valence-corrected chi connectivity index (χ1v) is 10.6. The average Bonchev–Trinajstić information content (AvgIpc) is 3.00. The van der Waals surface area contributed by atoms with Gasteiger partial charge in [-0.2, -0.15) is 0 Å². The number of carbonyl (C=O) groups is 1. The van der Waals surface area contributed by atoms with E-state index in [2.05, 4.69) is 11.8 Å². The van der Waals surface area contributed by atoms with Crippen LogP contribution in [0.3, 0.4) is 0 Å². The number of amides is 1. The Morgan fingerprint density at radius 2 is 1.93 bits per heavy atom. The van der Waals surface area contributed by atoms with Gasteiger partial charge in [0.2, 0.25) is 15.9 Å². The molecule has 0 radical (unpaired) electrons. The van der Waals surface area contributed by atoms with Crippen molar-refractivity contribution in [3.8, 4) is 0 Å². The van der Waals surface area contributed by atoms with E-state index in [9.17, 15) is 13.2 Å². The number of nitrogens with zero attached hydrogens (tertiary/aromatic N) is 2. The van der Waals surface area contributed by atoms with Crippen LogP contribution >= 0.6 is 0 Å². The Morgan fingerprint density at radius 3 is 2.52 bits per heavy atom. The van der Waals surface area contributed by atoms with Crippen LogP contribution < -0.4 is 10.0 Å². The van der Waals surface area contributed by atoms with Crippen LogP contribution in [0.1, 0.15) is 40.9 Å². The average molecular weight is 388 g/mol. The Morgan fingerprint density at radius 1 is 1.22 bits per heavy atom. The molecule has 0 spiro atoms. The van der Waals surface area contributed by atoms with Crippen LogP contribution in [-0.2, 0) is 16.6 Å². The van der Waals surface area contributed by atoms with Crippen LogP contribution in [0.4, 0.5) is 5.69 Å². The summed E-state index contributed by atoms with van der Waals surface area (Å²) in [5.74, 6) is -0.217. The molecule has 2 aromatic rings. The quantitative estimate of drug-likeness (QED) is 0.825. The Bertz CT molecular complexity index is 926. The summed E-state index contributed by atoms with van der Waals surface area (Å²) in [6, 6.07) is 15.1. The van der Waals surface area contributed by atoms with Crippen molar-refractivity contribution < 1.29 is 13.2 Å². The molecular formula is C20H25N3O3S. The number of nitrogens with two attached hydrogens (primary N) is 1. The second-order valence-electron chi connectivity index (χ2n) is 6.99. The highest BCUT2D eigenvalue weighted by Gasteiger charge is 2.28. The van der Waals surface area contributed by atoms with Gasteiger partial charge >= 0.3 is 0 Å². The summed E-state index contributed by atoms with van der Waals surface area (Å²) in [6.45, 7) is 3.34. The van der Waals surface area contributed by atoms with Gasteiger partial charge in [-0.3, -0.25) is 14.0 Å². The van der Waals surface area contributed by atoms with E-state index in [1.54, 1.807) is 12.1 Å². The molecule has 2 N–H and O–H groups in total. The molecule has 0 aromatic heterocycles. The van der Waals surface area contributed by atoms with Crippen molar-refractivity contribution in [2.75, 3.05) is 23.7 Å². The van der Waals surface area contributed by atoms with Crippen molar-refractivity contribution in [1.29, 1.82) is 0 Å². The van der Waals surface area contributed by atoms with E-state index in [1.165, 1.54) is 4.31 Å². The summed E-state index contributed by atoms with van der Waals surface area (Å²) in [4.78, 5) is 13.4. The van der Waals surface area contributed by atoms with Gasteiger partial charge in [-0.05, 0) is 55.8 Å². The lowest BCUT2D eigenvalue weighted by molar-refractivity contribution is 0.1000. The third-order valence-corrected chi connectivity index (χ3v) is 6.94. The Labute approximate surface area is 160 Å². The summed E-state index contributed by atoms with van der Waals surface area (Å²) in [6.07, 6.45) is 0.670. The number of rotatable bonds is 6. The minimum atomic E-state index is -3.18. The molecule has 1 amide bonds. The number of anilines is 1. The van der Waals surface area contributed by atoms with Crippen molar-refractivity contribution >= 4 is 21.6 Å². The highest BCUT2D eigenvalue weighted by molar-refractivity contribution is 7.93. The molecule has 1 aliphatic rings. The third kappa shape index (κ3) is 4.31. The van der Waals surface area contributed by atoms with Crippen molar-refractivity contribution in [3.63, 3.8) is 0 Å². The standard InChI is InChI=1S/C20H25N3O3S/c1-15(22(2)14-16-7-9-17(10-8-16)20(21)24)18-5-3-6-19(13-18)23-11-4-12-27(23,25)26/h3,5-10,13,15H,4,11-12,14H2,1-2H3,(H2,21,24). The van der Waals surface area contributed by atoms with E-state index in [0.717, 1.165) is 16.8 Å². The molecule has 6 nitrogen and oxygen atoms in total. The monoisotopic (exact) mass is 387 g/mol. The van der Waals surface area contributed by atoms with E-state index in [4.69, 9.17) is 5.73 Å². The summed E-state index contributed by atoms with van der Waals surface area (Å²) < 4.78 is 25.9.